The predicted molar refractivity (Wildman–Crippen MR) is 122 cm³/mol. The van der Waals surface area contributed by atoms with Gasteiger partial charge in [-0.15, -0.1) is 0 Å². The van der Waals surface area contributed by atoms with Gasteiger partial charge in [-0.05, 0) is 30.2 Å². The summed E-state index contributed by atoms with van der Waals surface area (Å²) in [5, 5.41) is 2.84. The van der Waals surface area contributed by atoms with Crippen LogP contribution in [0.2, 0.25) is 0 Å². The van der Waals surface area contributed by atoms with Crippen molar-refractivity contribution in [2.45, 2.75) is 44.7 Å². The number of aromatic nitrogens is 1. The van der Waals surface area contributed by atoms with E-state index in [-0.39, 0.29) is 11.5 Å². The molecular formula is C25H34N4O2+2. The van der Waals surface area contributed by atoms with Crippen LogP contribution in [0.3, 0.4) is 0 Å². The number of nitrogens with one attached hydrogen (secondary N) is 3. The first kappa shape index (κ1) is 20.5. The maximum Gasteiger partial charge on any atom is 0.250 e. The summed E-state index contributed by atoms with van der Waals surface area (Å²) < 4.78 is 2.06. The fourth-order valence-electron chi connectivity index (χ4n) is 6.20. The Balaban J connectivity index is 1.46. The van der Waals surface area contributed by atoms with Gasteiger partial charge in [0.2, 0.25) is 5.91 Å². The molecule has 2 fully saturated rings. The maximum atomic E-state index is 12.8. The zero-order chi connectivity index (χ0) is 21.5. The highest BCUT2D eigenvalue weighted by Crippen LogP contribution is 2.37. The van der Waals surface area contributed by atoms with E-state index in [1.807, 2.05) is 18.2 Å². The summed E-state index contributed by atoms with van der Waals surface area (Å²) in [7, 11) is 2.31. The second kappa shape index (κ2) is 8.24. The number of hydrogen-bond donors (Lipinski definition) is 3. The first-order chi connectivity index (χ1) is 15.0. The quantitative estimate of drug-likeness (QED) is 0.660. The Labute approximate surface area is 183 Å². The van der Waals surface area contributed by atoms with Gasteiger partial charge in [-0.25, -0.2) is 0 Å². The van der Waals surface area contributed by atoms with Crippen molar-refractivity contribution in [2.75, 3.05) is 38.5 Å². The number of pyridine rings is 1. The van der Waals surface area contributed by atoms with E-state index in [0.717, 1.165) is 30.4 Å². The Bertz CT molecular complexity index is 1020. The monoisotopic (exact) mass is 422 g/mol. The van der Waals surface area contributed by atoms with Gasteiger partial charge in [0.1, 0.15) is 0 Å². The summed E-state index contributed by atoms with van der Waals surface area (Å²) >= 11 is 0. The highest BCUT2D eigenvalue weighted by Gasteiger charge is 2.42. The van der Waals surface area contributed by atoms with E-state index in [1.165, 1.54) is 57.1 Å². The number of hydrogen-bond acceptors (Lipinski definition) is 2. The maximum absolute atomic E-state index is 12.8. The lowest BCUT2D eigenvalue weighted by Gasteiger charge is -2.44. The zero-order valence-electron chi connectivity index (χ0n) is 18.6. The van der Waals surface area contributed by atoms with Gasteiger partial charge in [-0.1, -0.05) is 12.1 Å². The molecule has 0 aliphatic carbocycles. The predicted octanol–water partition coefficient (Wildman–Crippen LogP) is 0.153. The summed E-state index contributed by atoms with van der Waals surface area (Å²) in [4.78, 5) is 27.6. The van der Waals surface area contributed by atoms with Crippen LogP contribution in [-0.4, -0.2) is 49.7 Å². The van der Waals surface area contributed by atoms with Crippen LogP contribution in [0.15, 0.2) is 41.2 Å². The Hall–Kier alpha value is -2.44. The van der Waals surface area contributed by atoms with Crippen LogP contribution in [0.1, 0.15) is 37.8 Å². The van der Waals surface area contributed by atoms with Crippen molar-refractivity contribution in [1.82, 2.24) is 4.57 Å². The highest BCUT2D eigenvalue weighted by atomic mass is 16.1. The van der Waals surface area contributed by atoms with E-state index < -0.39 is 0 Å². The molecule has 3 aliphatic heterocycles. The third-order valence-electron chi connectivity index (χ3n) is 7.66. The first-order valence-corrected chi connectivity index (χ1v) is 11.8. The second-order valence-electron chi connectivity index (χ2n) is 9.94. The lowest BCUT2D eigenvalue weighted by Crippen LogP contribution is -3.21. The average molecular weight is 423 g/mol. The molecule has 31 heavy (non-hydrogen) atoms. The fraction of sp³-hybridized carbons (Fsp3) is 0.520. The number of nitrogens with zero attached hydrogens (tertiary/aromatic N) is 1. The minimum Gasteiger partial charge on any atom is -0.337 e. The Morgan fingerprint density at radius 2 is 1.81 bits per heavy atom. The summed E-state index contributed by atoms with van der Waals surface area (Å²) in [6, 6.07) is 12.5. The first-order valence-electron chi connectivity index (χ1n) is 11.8. The molecule has 0 radical (unpaired) electrons. The second-order valence-corrected chi connectivity index (χ2v) is 9.94. The summed E-state index contributed by atoms with van der Waals surface area (Å²) in [6.45, 7) is 7.29. The lowest BCUT2D eigenvalue weighted by atomic mass is 9.79. The van der Waals surface area contributed by atoms with Crippen molar-refractivity contribution in [3.63, 3.8) is 0 Å². The number of fused-ring (bicyclic) bond motifs is 4. The van der Waals surface area contributed by atoms with E-state index in [1.54, 1.807) is 15.9 Å². The molecule has 1 amide bonds. The van der Waals surface area contributed by atoms with Crippen molar-refractivity contribution in [2.24, 2.45) is 5.92 Å². The molecule has 0 spiro atoms. The largest absolute Gasteiger partial charge is 0.337 e. The van der Waals surface area contributed by atoms with Gasteiger partial charge in [-0.3, -0.25) is 9.59 Å². The fourth-order valence-corrected chi connectivity index (χ4v) is 6.20. The van der Waals surface area contributed by atoms with Gasteiger partial charge in [0.25, 0.3) is 5.56 Å². The zero-order valence-corrected chi connectivity index (χ0v) is 18.6. The van der Waals surface area contributed by atoms with Gasteiger partial charge in [0.05, 0.1) is 39.3 Å². The molecule has 5 rings (SSSR count). The molecular weight excluding hydrogens is 388 g/mol. The minimum absolute atomic E-state index is 0.0665. The number of carbonyl (C=O) groups is 1. The van der Waals surface area contributed by atoms with E-state index in [0.29, 0.717) is 11.8 Å². The van der Waals surface area contributed by atoms with Crippen molar-refractivity contribution in [3.05, 3.63) is 52.4 Å². The molecule has 2 bridgehead atoms. The Kier molecular flexibility index (Phi) is 5.44. The average Bonchev–Trinajstić information content (AvgIpc) is 2.75. The van der Waals surface area contributed by atoms with Crippen molar-refractivity contribution >= 4 is 11.6 Å². The molecule has 4 heterocycles. The third-order valence-corrected chi connectivity index (χ3v) is 7.66. The number of rotatable bonds is 3. The Morgan fingerprint density at radius 3 is 2.52 bits per heavy atom. The smallest absolute Gasteiger partial charge is 0.250 e. The highest BCUT2D eigenvalue weighted by molar-refractivity contribution is 5.89. The van der Waals surface area contributed by atoms with Gasteiger partial charge >= 0.3 is 0 Å². The van der Waals surface area contributed by atoms with Crippen molar-refractivity contribution in [3.8, 4) is 11.1 Å². The summed E-state index contributed by atoms with van der Waals surface area (Å²) in [6.07, 6.45) is 3.83. The van der Waals surface area contributed by atoms with E-state index >= 15 is 0 Å². The molecule has 3 N–H and O–H groups in total. The molecule has 2 saturated heterocycles. The molecule has 3 atom stereocenters. The SMILES string of the molecule is CC(=O)Nc1ccc(-c2ccc(=O)n3c2[C@@H]2C[C@H](C3)C[NH+](C3CC[NH+](C)CC3)C2)cc1. The van der Waals surface area contributed by atoms with Crippen molar-refractivity contribution in [1.29, 1.82) is 0 Å². The normalized spacial score (nSPS) is 29.8. The minimum atomic E-state index is -0.0665. The molecule has 1 aromatic carbocycles. The molecule has 2 aromatic rings. The standard InChI is InChI=1S/C25H32N4O2/c1-17(30)26-21-5-3-19(4-6-21)23-7-8-24(31)29-15-18-13-20(25(23)29)16-28(14-18)22-9-11-27(2)12-10-22/h3-8,18,20,22H,9-16H2,1-2H3,(H,26,30)/p+2/t18-,20+/m0/s1. The van der Waals surface area contributed by atoms with Crippen LogP contribution >= 0.6 is 0 Å². The number of amides is 1. The van der Waals surface area contributed by atoms with Gasteiger partial charge in [0.15, 0.2) is 0 Å². The van der Waals surface area contributed by atoms with Gasteiger partial charge in [-0.2, -0.15) is 0 Å². The van der Waals surface area contributed by atoms with Crippen LogP contribution in [0, 0.1) is 5.92 Å². The van der Waals surface area contributed by atoms with Crippen LogP contribution < -0.4 is 20.7 Å². The number of quaternary nitrogens is 2. The number of carbonyl (C=O) groups excluding carboxylic acids is 1. The number of benzene rings is 1. The van der Waals surface area contributed by atoms with Crippen molar-refractivity contribution < 1.29 is 14.6 Å². The molecule has 0 saturated carbocycles. The number of likely N-dealkylation sites (tertiary alicyclic amines) is 2. The summed E-state index contributed by atoms with van der Waals surface area (Å²) in [5.41, 5.74) is 4.45. The Morgan fingerprint density at radius 1 is 1.06 bits per heavy atom. The molecule has 3 aliphatic rings. The van der Waals surface area contributed by atoms with Gasteiger partial charge < -0.3 is 19.7 Å². The number of piperidine rings is 2. The molecule has 164 valence electrons. The van der Waals surface area contributed by atoms with Crippen LogP contribution in [0.25, 0.3) is 11.1 Å². The summed E-state index contributed by atoms with van der Waals surface area (Å²) in [5.74, 6) is 0.972. The molecule has 6 nitrogen and oxygen atoms in total. The van der Waals surface area contributed by atoms with Crippen LogP contribution in [-0.2, 0) is 11.3 Å². The van der Waals surface area contributed by atoms with Gasteiger partial charge in [0, 0.05) is 61.2 Å². The third kappa shape index (κ3) is 4.06. The topological polar surface area (TPSA) is 60.0 Å². The van der Waals surface area contributed by atoms with Crippen LogP contribution in [0.5, 0.6) is 0 Å². The lowest BCUT2D eigenvalue weighted by molar-refractivity contribution is -0.959. The van der Waals surface area contributed by atoms with Crippen LogP contribution in [0.4, 0.5) is 5.69 Å². The number of anilines is 1. The van der Waals surface area contributed by atoms with E-state index in [4.69, 9.17) is 0 Å². The molecule has 6 heteroatoms. The van der Waals surface area contributed by atoms with E-state index in [2.05, 4.69) is 29.1 Å². The molecule has 1 aromatic heterocycles. The van der Waals surface area contributed by atoms with E-state index in [9.17, 15) is 9.59 Å². The molecule has 1 unspecified atom stereocenters.